The van der Waals surface area contributed by atoms with Crippen molar-refractivity contribution in [3.8, 4) is 22.3 Å². The highest BCUT2D eigenvalue weighted by Crippen LogP contribution is 2.35. The number of hydrogen-bond acceptors (Lipinski definition) is 2. The number of aromatic amines is 2. The molecule has 0 aliphatic carbocycles. The van der Waals surface area contributed by atoms with E-state index in [4.69, 9.17) is 9.97 Å². The average molecular weight is 626 g/mol. The number of halogens is 1. The summed E-state index contributed by atoms with van der Waals surface area (Å²) in [5.41, 5.74) is 16.0. The molecule has 212 valence electrons. The largest absolute Gasteiger partial charge is 0.354 e. The Labute approximate surface area is 260 Å². The van der Waals surface area contributed by atoms with Gasteiger partial charge < -0.3 is 9.97 Å². The predicted molar refractivity (Wildman–Crippen MR) is 186 cm³/mol. The normalized spacial score (nSPS) is 12.3. The Morgan fingerprint density at radius 2 is 0.977 bits per heavy atom. The van der Waals surface area contributed by atoms with Gasteiger partial charge in [-0.25, -0.2) is 9.97 Å². The standard InChI is InChI=1S/C38H33BrN4/c1-4-5-6-27-28-15-17-30(40-28)36(25-11-7-23(2)8-12-25)32-19-21-34(42-32)38(39)35-22-20-33(43-35)37(31-18-16-29(27)41-31)26-13-9-24(3)10-14-26/h7-22,42-43H,4-6H2,1-3H3. The topological polar surface area (TPSA) is 57.4 Å². The lowest BCUT2D eigenvalue weighted by Gasteiger charge is -2.06. The molecule has 2 aromatic carbocycles. The molecular formula is C38H33BrN4. The quantitative estimate of drug-likeness (QED) is 0.200. The van der Waals surface area contributed by atoms with Crippen molar-refractivity contribution in [2.75, 3.05) is 0 Å². The van der Waals surface area contributed by atoms with Crippen molar-refractivity contribution in [1.82, 2.24) is 19.9 Å². The molecule has 2 aliphatic rings. The Morgan fingerprint density at radius 3 is 1.42 bits per heavy atom. The summed E-state index contributed by atoms with van der Waals surface area (Å²) in [5.74, 6) is 0. The van der Waals surface area contributed by atoms with E-state index in [0.29, 0.717) is 0 Å². The van der Waals surface area contributed by atoms with Crippen molar-refractivity contribution >= 4 is 62.3 Å². The summed E-state index contributed by atoms with van der Waals surface area (Å²) in [7, 11) is 0. The smallest absolute Gasteiger partial charge is 0.0737 e. The zero-order valence-electron chi connectivity index (χ0n) is 24.6. The summed E-state index contributed by atoms with van der Waals surface area (Å²) in [4.78, 5) is 17.9. The van der Waals surface area contributed by atoms with Gasteiger partial charge in [0.25, 0.3) is 0 Å². The summed E-state index contributed by atoms with van der Waals surface area (Å²) in [6.45, 7) is 6.47. The van der Waals surface area contributed by atoms with E-state index in [2.05, 4.69) is 144 Å². The molecule has 0 atom stereocenters. The van der Waals surface area contributed by atoms with Crippen molar-refractivity contribution in [3.63, 3.8) is 0 Å². The second-order valence-electron chi connectivity index (χ2n) is 11.4. The highest BCUT2D eigenvalue weighted by molar-refractivity contribution is 9.10. The van der Waals surface area contributed by atoms with E-state index in [1.54, 1.807) is 0 Å². The van der Waals surface area contributed by atoms with Gasteiger partial charge in [0, 0.05) is 27.7 Å². The van der Waals surface area contributed by atoms with Crippen LogP contribution in [0.2, 0.25) is 0 Å². The van der Waals surface area contributed by atoms with Gasteiger partial charge in [-0.05, 0) is 102 Å². The molecule has 0 fully saturated rings. The van der Waals surface area contributed by atoms with Crippen LogP contribution in [0.15, 0.2) is 77.3 Å². The molecule has 43 heavy (non-hydrogen) atoms. The van der Waals surface area contributed by atoms with Gasteiger partial charge >= 0.3 is 0 Å². The van der Waals surface area contributed by atoms with Crippen molar-refractivity contribution in [3.05, 3.63) is 117 Å². The molecule has 4 nitrogen and oxygen atoms in total. The fourth-order valence-electron chi connectivity index (χ4n) is 5.89. The minimum Gasteiger partial charge on any atom is -0.354 e. The van der Waals surface area contributed by atoms with E-state index in [0.717, 1.165) is 90.8 Å². The lowest BCUT2D eigenvalue weighted by molar-refractivity contribution is 0.788. The maximum absolute atomic E-state index is 5.27. The molecule has 2 aliphatic heterocycles. The van der Waals surface area contributed by atoms with E-state index >= 15 is 0 Å². The fourth-order valence-corrected chi connectivity index (χ4v) is 6.35. The van der Waals surface area contributed by atoms with Crippen LogP contribution in [0.1, 0.15) is 59.2 Å². The van der Waals surface area contributed by atoms with E-state index < -0.39 is 0 Å². The van der Waals surface area contributed by atoms with Crippen molar-refractivity contribution in [2.24, 2.45) is 0 Å². The van der Waals surface area contributed by atoms with Crippen LogP contribution in [-0.4, -0.2) is 19.9 Å². The molecule has 7 rings (SSSR count). The Hall–Kier alpha value is -4.48. The van der Waals surface area contributed by atoms with E-state index in [1.807, 2.05) is 0 Å². The lowest BCUT2D eigenvalue weighted by atomic mass is 10.0. The Bertz CT molecular complexity index is 1930. The third-order valence-electron chi connectivity index (χ3n) is 8.26. The molecule has 5 heterocycles. The van der Waals surface area contributed by atoms with E-state index in [9.17, 15) is 0 Å². The number of rotatable bonds is 5. The van der Waals surface area contributed by atoms with Gasteiger partial charge in [-0.3, -0.25) is 0 Å². The zero-order valence-corrected chi connectivity index (χ0v) is 26.2. The van der Waals surface area contributed by atoms with Crippen molar-refractivity contribution in [1.29, 1.82) is 0 Å². The molecule has 5 aromatic rings. The van der Waals surface area contributed by atoms with Gasteiger partial charge in [-0.1, -0.05) is 73.0 Å². The maximum atomic E-state index is 5.27. The van der Waals surface area contributed by atoms with Crippen molar-refractivity contribution in [2.45, 2.75) is 40.0 Å². The van der Waals surface area contributed by atoms with Gasteiger partial charge in [0.1, 0.15) is 0 Å². The van der Waals surface area contributed by atoms with Gasteiger partial charge in [-0.2, -0.15) is 0 Å². The van der Waals surface area contributed by atoms with Gasteiger partial charge in [0.05, 0.1) is 38.3 Å². The first-order valence-corrected chi connectivity index (χ1v) is 15.7. The monoisotopic (exact) mass is 624 g/mol. The van der Waals surface area contributed by atoms with Crippen LogP contribution in [-0.2, 0) is 6.42 Å². The Morgan fingerprint density at radius 1 is 0.558 bits per heavy atom. The summed E-state index contributed by atoms with van der Waals surface area (Å²) >= 11 is 3.90. The molecule has 2 N–H and O–H groups in total. The van der Waals surface area contributed by atoms with Gasteiger partial charge in [-0.15, -0.1) is 0 Å². The number of unbranched alkanes of at least 4 members (excludes halogenated alkanes) is 1. The number of benzene rings is 2. The molecule has 3 aromatic heterocycles. The molecule has 8 bridgehead atoms. The maximum Gasteiger partial charge on any atom is 0.0737 e. The summed E-state index contributed by atoms with van der Waals surface area (Å²) in [6.07, 6.45) is 11.7. The molecule has 0 saturated heterocycles. The van der Waals surface area contributed by atoms with Gasteiger partial charge in [0.15, 0.2) is 0 Å². The van der Waals surface area contributed by atoms with Crippen LogP contribution in [0.25, 0.3) is 68.6 Å². The highest BCUT2D eigenvalue weighted by atomic mass is 79.9. The SMILES string of the molecule is CCCCc1c2nc(c(-c3ccc(C)cc3)c3ccc([nH]3)c(Br)c3ccc([nH]3)c(-c3ccc(C)cc3)c3nc1C=C3)C=C2. The molecule has 0 saturated carbocycles. The van der Waals surface area contributed by atoms with Crippen LogP contribution in [0.3, 0.4) is 0 Å². The number of hydrogen-bond donors (Lipinski definition) is 2. The first-order chi connectivity index (χ1) is 21.0. The summed E-state index contributed by atoms with van der Waals surface area (Å²) in [6, 6.07) is 25.9. The van der Waals surface area contributed by atoms with Crippen molar-refractivity contribution < 1.29 is 0 Å². The van der Waals surface area contributed by atoms with Crippen LogP contribution in [0.5, 0.6) is 0 Å². The van der Waals surface area contributed by atoms with Gasteiger partial charge in [0.2, 0.25) is 0 Å². The van der Waals surface area contributed by atoms with Crippen LogP contribution in [0.4, 0.5) is 0 Å². The molecule has 0 radical (unpaired) electrons. The predicted octanol–water partition coefficient (Wildman–Crippen LogP) is 10.7. The lowest BCUT2D eigenvalue weighted by Crippen LogP contribution is -1.95. The number of nitrogens with one attached hydrogen (secondary N) is 2. The fraction of sp³-hybridized carbons (Fsp3) is 0.158. The molecular weight excluding hydrogens is 592 g/mol. The summed E-state index contributed by atoms with van der Waals surface area (Å²) in [5, 5.41) is 0. The molecule has 0 spiro atoms. The Kier molecular flexibility index (Phi) is 7.20. The number of nitrogens with zero attached hydrogens (tertiary/aromatic N) is 2. The van der Waals surface area contributed by atoms with E-state index in [-0.39, 0.29) is 0 Å². The average Bonchev–Trinajstić information content (AvgIpc) is 3.84. The number of fused-ring (bicyclic) bond motifs is 8. The van der Waals surface area contributed by atoms with Crippen LogP contribution in [0, 0.1) is 13.8 Å². The number of H-pyrrole nitrogens is 2. The first-order valence-electron chi connectivity index (χ1n) is 14.9. The molecule has 5 heteroatoms. The summed E-state index contributed by atoms with van der Waals surface area (Å²) < 4.78 is 0.964. The van der Waals surface area contributed by atoms with E-state index in [1.165, 1.54) is 16.7 Å². The zero-order chi connectivity index (χ0) is 29.5. The molecule has 0 unspecified atom stereocenters. The minimum atomic E-state index is 0.921. The minimum absolute atomic E-state index is 0.921. The van der Waals surface area contributed by atoms with Crippen LogP contribution >= 0.6 is 15.9 Å². The number of aryl methyl sites for hydroxylation is 2. The van der Waals surface area contributed by atoms with Crippen LogP contribution < -0.4 is 0 Å². The second kappa shape index (κ2) is 11.3. The highest BCUT2D eigenvalue weighted by Gasteiger charge is 2.17. The number of aromatic nitrogens is 4. The third kappa shape index (κ3) is 5.19. The Balaban J connectivity index is 1.62. The second-order valence-corrected chi connectivity index (χ2v) is 12.2. The first kappa shape index (κ1) is 27.4. The molecule has 0 amide bonds. The third-order valence-corrected chi connectivity index (χ3v) is 9.11.